The Balaban J connectivity index is 0.00000576. The molecule has 0 bridgehead atoms. The lowest BCUT2D eigenvalue weighted by molar-refractivity contribution is -0.253. The van der Waals surface area contributed by atoms with Gasteiger partial charge in [0.2, 0.25) is 0 Å². The molecule has 12 N–H and O–H groups in total. The number of quaternary nitrogens is 1. The van der Waals surface area contributed by atoms with Crippen LogP contribution in [0.1, 0.15) is 0 Å². The van der Waals surface area contributed by atoms with Crippen LogP contribution in [0.5, 0.6) is 0 Å². The zero-order valence-electron chi connectivity index (χ0n) is 12.2. The summed E-state index contributed by atoms with van der Waals surface area (Å²) in [6.45, 7) is 0. The predicted molar refractivity (Wildman–Crippen MR) is 72.5 cm³/mol. The van der Waals surface area contributed by atoms with Crippen molar-refractivity contribution in [2.24, 2.45) is 0 Å². The Labute approximate surface area is 139 Å². The summed E-state index contributed by atoms with van der Waals surface area (Å²) in [6, 6.07) is 0. The molecule has 0 spiro atoms. The van der Waals surface area contributed by atoms with Crippen molar-refractivity contribution < 1.29 is 71.9 Å². The van der Waals surface area contributed by atoms with Gasteiger partial charge in [0.25, 0.3) is 7.82 Å². The molecule has 0 amide bonds. The number of rotatable bonds is 6. The number of hydrogen-bond acceptors (Lipinski definition) is 10. The number of phosphoric acid groups is 3. The highest BCUT2D eigenvalue weighted by atomic mass is 31.2. The lowest BCUT2D eigenvalue weighted by Gasteiger charge is -2.45. The van der Waals surface area contributed by atoms with Gasteiger partial charge in [0.1, 0.15) is 36.6 Å². The molecule has 0 aromatic rings. The first-order valence-corrected chi connectivity index (χ1v) is 10.3. The Morgan fingerprint density at radius 1 is 0.640 bits per heavy atom. The van der Waals surface area contributed by atoms with Gasteiger partial charge in [-0.3, -0.25) is 13.6 Å². The van der Waals surface area contributed by atoms with E-state index in [1.54, 1.807) is 0 Å². The lowest BCUT2D eigenvalue weighted by Crippen LogP contribution is -2.65. The van der Waals surface area contributed by atoms with Gasteiger partial charge in [0, 0.05) is 0 Å². The third kappa shape index (κ3) is 7.74. The number of hydrogen-bond donors (Lipinski definition) is 9. The lowest BCUT2D eigenvalue weighted by atomic mass is 9.85. The summed E-state index contributed by atoms with van der Waals surface area (Å²) >= 11 is 0. The molecule has 0 heterocycles. The fourth-order valence-corrected chi connectivity index (χ4v) is 3.69. The van der Waals surface area contributed by atoms with Gasteiger partial charge in [0.05, 0.1) is 0 Å². The molecule has 16 nitrogen and oxygen atoms in total. The summed E-state index contributed by atoms with van der Waals surface area (Å²) in [6.07, 6.45) is -14.6. The monoisotopic (exact) mass is 437 g/mol. The first kappa shape index (κ1) is 25.2. The van der Waals surface area contributed by atoms with Crippen LogP contribution in [0.15, 0.2) is 0 Å². The van der Waals surface area contributed by atoms with Crippen molar-refractivity contribution in [2.45, 2.75) is 36.6 Å². The molecule has 25 heavy (non-hydrogen) atoms. The van der Waals surface area contributed by atoms with Crippen molar-refractivity contribution in [3.8, 4) is 0 Å². The molecule has 0 aromatic heterocycles. The topological polar surface area (TPSA) is 300 Å². The van der Waals surface area contributed by atoms with Gasteiger partial charge in [-0.2, -0.15) is 0 Å². The van der Waals surface area contributed by atoms with E-state index in [4.69, 9.17) is 24.5 Å². The fraction of sp³-hybridized carbons (Fsp3) is 1.00. The van der Waals surface area contributed by atoms with E-state index >= 15 is 0 Å². The zero-order chi connectivity index (χ0) is 19.1. The SMILES string of the molecule is O=P([O-])(O)O[C@H]1[C@@H](O)[C@@H](OP(=O)(O)O)[C@H](O)[C@@H](O)[C@@H]1OP(=O)(O)O.[NH4+]. The minimum Gasteiger partial charge on any atom is -0.756 e. The maximum Gasteiger partial charge on any atom is 0.470 e. The van der Waals surface area contributed by atoms with Crippen LogP contribution in [0.3, 0.4) is 0 Å². The van der Waals surface area contributed by atoms with Crippen LogP contribution >= 0.6 is 23.5 Å². The molecular weight excluding hydrogens is 419 g/mol. The minimum atomic E-state index is -5.68. The number of aliphatic hydroxyl groups excluding tert-OH is 3. The van der Waals surface area contributed by atoms with Crippen molar-refractivity contribution in [3.05, 3.63) is 0 Å². The standard InChI is InChI=1S/C6H15O15P3.H3N/c7-1-2(8)5(20-23(13,14)15)6(21-24(16,17)18)3(9)4(1)19-22(10,11)12;/h1-9H,(H2,10,11,12)(H2,13,14,15)(H2,16,17,18);1H3/t1-,2-,3+,4+,5+,6+;/m1./s1. The molecule has 7 atom stereocenters. The normalized spacial score (nSPS) is 36.4. The smallest absolute Gasteiger partial charge is 0.470 e. The molecule has 1 fully saturated rings. The second-order valence-electron chi connectivity index (χ2n) is 4.63. The molecule has 1 unspecified atom stereocenters. The average molecular weight is 437 g/mol. The van der Waals surface area contributed by atoms with E-state index in [9.17, 15) is 33.9 Å². The second-order valence-corrected chi connectivity index (χ2v) is 8.16. The van der Waals surface area contributed by atoms with Gasteiger partial charge < -0.3 is 55.4 Å². The highest BCUT2D eigenvalue weighted by Crippen LogP contribution is 2.48. The van der Waals surface area contributed by atoms with Crippen molar-refractivity contribution in [1.82, 2.24) is 6.15 Å². The van der Waals surface area contributed by atoms with Crippen molar-refractivity contribution in [2.75, 3.05) is 0 Å². The Morgan fingerprint density at radius 2 is 0.960 bits per heavy atom. The maximum atomic E-state index is 10.9. The van der Waals surface area contributed by atoms with Gasteiger partial charge in [-0.1, -0.05) is 0 Å². The first-order valence-electron chi connectivity index (χ1n) is 5.76. The van der Waals surface area contributed by atoms with Crippen molar-refractivity contribution in [3.63, 3.8) is 0 Å². The van der Waals surface area contributed by atoms with Gasteiger partial charge in [-0.15, -0.1) is 0 Å². The van der Waals surface area contributed by atoms with Crippen LogP contribution in [0, 0.1) is 0 Å². The third-order valence-corrected chi connectivity index (χ3v) is 4.34. The summed E-state index contributed by atoms with van der Waals surface area (Å²) in [7, 11) is -16.5. The predicted octanol–water partition coefficient (Wildman–Crippen LogP) is -3.74. The quantitative estimate of drug-likeness (QED) is 0.180. The minimum absolute atomic E-state index is 0. The average Bonchev–Trinajstić information content (AvgIpc) is 2.32. The van der Waals surface area contributed by atoms with E-state index < -0.39 is 60.1 Å². The summed E-state index contributed by atoms with van der Waals surface area (Å²) in [5.41, 5.74) is 0. The van der Waals surface area contributed by atoms with E-state index in [0.29, 0.717) is 0 Å². The van der Waals surface area contributed by atoms with Gasteiger partial charge >= 0.3 is 15.6 Å². The number of aliphatic hydroxyl groups is 3. The van der Waals surface area contributed by atoms with E-state index in [1.165, 1.54) is 0 Å². The summed E-state index contributed by atoms with van der Waals surface area (Å²) < 4.78 is 44.4. The Kier molecular flexibility index (Phi) is 8.51. The molecular formula is C6H18NO15P3. The summed E-state index contributed by atoms with van der Waals surface area (Å²) in [5, 5.41) is 29.3. The Hall–Kier alpha value is 0.170. The molecule has 0 radical (unpaired) electrons. The van der Waals surface area contributed by atoms with Gasteiger partial charge in [-0.25, -0.2) is 9.13 Å². The molecule has 1 aliphatic rings. The number of phosphoric ester groups is 3. The third-order valence-electron chi connectivity index (χ3n) is 2.79. The summed E-state index contributed by atoms with van der Waals surface area (Å²) in [4.78, 5) is 54.3. The highest BCUT2D eigenvalue weighted by Gasteiger charge is 2.55. The maximum absolute atomic E-state index is 10.9. The van der Waals surface area contributed by atoms with Crippen LogP contribution in [0.25, 0.3) is 0 Å². The van der Waals surface area contributed by atoms with Crippen LogP contribution < -0.4 is 11.0 Å². The zero-order valence-corrected chi connectivity index (χ0v) is 14.9. The van der Waals surface area contributed by atoms with Crippen LogP contribution in [0.2, 0.25) is 0 Å². The van der Waals surface area contributed by atoms with Crippen molar-refractivity contribution in [1.29, 1.82) is 0 Å². The molecule has 152 valence electrons. The Morgan fingerprint density at radius 3 is 1.32 bits per heavy atom. The molecule has 0 saturated heterocycles. The van der Waals surface area contributed by atoms with Crippen molar-refractivity contribution >= 4 is 23.5 Å². The van der Waals surface area contributed by atoms with E-state index in [-0.39, 0.29) is 6.15 Å². The second kappa shape index (κ2) is 8.46. The molecule has 1 rings (SSSR count). The van der Waals surface area contributed by atoms with Crippen LogP contribution in [-0.2, 0) is 27.3 Å². The van der Waals surface area contributed by atoms with Crippen LogP contribution in [0.4, 0.5) is 0 Å². The van der Waals surface area contributed by atoms with E-state index in [0.717, 1.165) is 0 Å². The van der Waals surface area contributed by atoms with Crippen LogP contribution in [-0.4, -0.2) is 76.4 Å². The highest BCUT2D eigenvalue weighted by molar-refractivity contribution is 7.46. The van der Waals surface area contributed by atoms with E-state index in [1.807, 2.05) is 0 Å². The molecule has 19 heteroatoms. The van der Waals surface area contributed by atoms with Gasteiger partial charge in [-0.05, 0) is 0 Å². The molecule has 1 saturated carbocycles. The Bertz CT molecular complexity index is 580. The first-order chi connectivity index (χ1) is 10.5. The molecule has 0 aromatic carbocycles. The molecule has 0 aliphatic heterocycles. The molecule has 1 aliphatic carbocycles. The summed E-state index contributed by atoms with van der Waals surface area (Å²) in [5.74, 6) is 0. The van der Waals surface area contributed by atoms with Gasteiger partial charge in [0.15, 0.2) is 0 Å². The largest absolute Gasteiger partial charge is 0.756 e. The fourth-order valence-electron chi connectivity index (χ4n) is 2.01. The van der Waals surface area contributed by atoms with E-state index in [2.05, 4.69) is 13.6 Å².